The van der Waals surface area contributed by atoms with Crippen molar-refractivity contribution in [1.29, 1.82) is 0 Å². The molecule has 0 radical (unpaired) electrons. The molecule has 0 spiro atoms. The average molecular weight is 240 g/mol. The third-order valence-corrected chi connectivity index (χ3v) is 3.32. The summed E-state index contributed by atoms with van der Waals surface area (Å²) in [5.41, 5.74) is 1.53. The molecule has 2 heteroatoms. The van der Waals surface area contributed by atoms with E-state index in [4.69, 9.17) is 0 Å². The van der Waals surface area contributed by atoms with Crippen LogP contribution in [0.3, 0.4) is 0 Å². The maximum Gasteiger partial charge on any atom is 0.00503 e. The van der Waals surface area contributed by atoms with Crippen molar-refractivity contribution in [2.24, 2.45) is 0 Å². The third kappa shape index (κ3) is 3.50. The number of benzene rings is 1. The van der Waals surface area contributed by atoms with Crippen LogP contribution in [0.2, 0.25) is 0 Å². The normalized spacial score (nSPS) is 21.4. The number of piperidine rings is 1. The van der Waals surface area contributed by atoms with Crippen LogP contribution in [0.25, 0.3) is 0 Å². The summed E-state index contributed by atoms with van der Waals surface area (Å²) in [5.74, 6) is 0.770. The van der Waals surface area contributed by atoms with E-state index in [0.717, 1.165) is 5.92 Å². The topological polar surface area (TPSA) is 3.24 Å². The fourth-order valence-corrected chi connectivity index (χ4v) is 2.57. The van der Waals surface area contributed by atoms with Gasteiger partial charge < -0.3 is 4.90 Å². The van der Waals surface area contributed by atoms with Crippen molar-refractivity contribution in [2.75, 3.05) is 19.6 Å². The predicted octanol–water partition coefficient (Wildman–Crippen LogP) is 3.70. The van der Waals surface area contributed by atoms with E-state index in [1.807, 2.05) is 0 Å². The Balaban J connectivity index is 0.00000128. The molecule has 16 heavy (non-hydrogen) atoms. The first-order chi connectivity index (χ1) is 7.40. The zero-order valence-corrected chi connectivity index (χ0v) is 10.9. The van der Waals surface area contributed by atoms with Gasteiger partial charge in [-0.1, -0.05) is 37.3 Å². The number of hydrogen-bond acceptors (Lipinski definition) is 1. The zero-order chi connectivity index (χ0) is 10.5. The Morgan fingerprint density at radius 2 is 2.00 bits per heavy atom. The molecule has 2 rings (SSSR count). The van der Waals surface area contributed by atoms with E-state index >= 15 is 0 Å². The van der Waals surface area contributed by atoms with Gasteiger partial charge in [-0.15, -0.1) is 12.4 Å². The molecule has 0 aromatic heterocycles. The molecule has 0 aliphatic carbocycles. The minimum Gasteiger partial charge on any atom is -0.303 e. The summed E-state index contributed by atoms with van der Waals surface area (Å²) in [4.78, 5) is 2.61. The first kappa shape index (κ1) is 13.5. The summed E-state index contributed by atoms with van der Waals surface area (Å²) in [6.45, 7) is 6.10. The summed E-state index contributed by atoms with van der Waals surface area (Å²) in [6.07, 6.45) is 4.01. The van der Waals surface area contributed by atoms with Gasteiger partial charge in [-0.3, -0.25) is 0 Å². The Bertz CT molecular complexity index is 284. The van der Waals surface area contributed by atoms with Crippen molar-refractivity contribution in [1.82, 2.24) is 4.90 Å². The van der Waals surface area contributed by atoms with E-state index in [2.05, 4.69) is 42.2 Å². The van der Waals surface area contributed by atoms with E-state index in [1.165, 1.54) is 44.5 Å². The van der Waals surface area contributed by atoms with Crippen LogP contribution in [0.1, 0.15) is 37.7 Å². The maximum absolute atomic E-state index is 2.61. The molecular formula is C14H22ClN. The molecule has 1 atom stereocenters. The standard InChI is InChI=1S/C14H21N.ClH/c1-2-10-15-11-6-9-14(12-15)13-7-4-3-5-8-13;/h3-5,7-8,14H,2,6,9-12H2,1H3;1H. The lowest BCUT2D eigenvalue weighted by Gasteiger charge is -2.32. The molecule has 0 N–H and O–H groups in total. The van der Waals surface area contributed by atoms with E-state index < -0.39 is 0 Å². The van der Waals surface area contributed by atoms with Crippen molar-refractivity contribution in [3.63, 3.8) is 0 Å². The Morgan fingerprint density at radius 1 is 1.25 bits per heavy atom. The molecule has 0 amide bonds. The molecule has 0 saturated carbocycles. The summed E-state index contributed by atoms with van der Waals surface area (Å²) < 4.78 is 0. The monoisotopic (exact) mass is 239 g/mol. The van der Waals surface area contributed by atoms with Gasteiger partial charge in [-0.25, -0.2) is 0 Å². The molecule has 1 heterocycles. The smallest absolute Gasteiger partial charge is 0.00503 e. The fourth-order valence-electron chi connectivity index (χ4n) is 2.57. The van der Waals surface area contributed by atoms with Crippen LogP contribution in [0.5, 0.6) is 0 Å². The van der Waals surface area contributed by atoms with Gasteiger partial charge in [0, 0.05) is 6.54 Å². The molecule has 1 aliphatic heterocycles. The predicted molar refractivity (Wildman–Crippen MR) is 72.4 cm³/mol. The van der Waals surface area contributed by atoms with Gasteiger partial charge >= 0.3 is 0 Å². The van der Waals surface area contributed by atoms with Crippen LogP contribution in [-0.4, -0.2) is 24.5 Å². The van der Waals surface area contributed by atoms with Crippen LogP contribution >= 0.6 is 12.4 Å². The second kappa shape index (κ2) is 6.93. The zero-order valence-electron chi connectivity index (χ0n) is 10.1. The minimum absolute atomic E-state index is 0. The molecule has 90 valence electrons. The number of halogens is 1. The van der Waals surface area contributed by atoms with Gasteiger partial charge in [0.1, 0.15) is 0 Å². The molecule has 1 saturated heterocycles. The number of nitrogens with zero attached hydrogens (tertiary/aromatic N) is 1. The van der Waals surface area contributed by atoms with Crippen molar-refractivity contribution in [2.45, 2.75) is 32.1 Å². The summed E-state index contributed by atoms with van der Waals surface area (Å²) >= 11 is 0. The van der Waals surface area contributed by atoms with Crippen molar-refractivity contribution in [3.8, 4) is 0 Å². The maximum atomic E-state index is 2.61. The number of rotatable bonds is 3. The lowest BCUT2D eigenvalue weighted by atomic mass is 9.91. The van der Waals surface area contributed by atoms with Crippen LogP contribution in [0.4, 0.5) is 0 Å². The molecule has 1 unspecified atom stereocenters. The first-order valence-electron chi connectivity index (χ1n) is 6.17. The third-order valence-electron chi connectivity index (χ3n) is 3.32. The largest absolute Gasteiger partial charge is 0.303 e. The van der Waals surface area contributed by atoms with Crippen molar-refractivity contribution < 1.29 is 0 Å². The fraction of sp³-hybridized carbons (Fsp3) is 0.571. The average Bonchev–Trinajstić information content (AvgIpc) is 2.31. The van der Waals surface area contributed by atoms with Crippen LogP contribution in [0.15, 0.2) is 30.3 Å². The first-order valence-corrected chi connectivity index (χ1v) is 6.17. The Kier molecular flexibility index (Phi) is 5.86. The molecular weight excluding hydrogens is 218 g/mol. The molecule has 1 aliphatic rings. The molecule has 1 fully saturated rings. The van der Waals surface area contributed by atoms with E-state index in [-0.39, 0.29) is 12.4 Å². The van der Waals surface area contributed by atoms with Gasteiger partial charge in [0.2, 0.25) is 0 Å². The van der Waals surface area contributed by atoms with Crippen LogP contribution < -0.4 is 0 Å². The lowest BCUT2D eigenvalue weighted by Crippen LogP contribution is -2.34. The van der Waals surface area contributed by atoms with Crippen molar-refractivity contribution in [3.05, 3.63) is 35.9 Å². The summed E-state index contributed by atoms with van der Waals surface area (Å²) in [5, 5.41) is 0. The van der Waals surface area contributed by atoms with Crippen LogP contribution in [-0.2, 0) is 0 Å². The van der Waals surface area contributed by atoms with Gasteiger partial charge in [-0.05, 0) is 43.8 Å². The second-order valence-corrected chi connectivity index (χ2v) is 4.55. The van der Waals surface area contributed by atoms with Crippen LogP contribution in [0, 0.1) is 0 Å². The highest BCUT2D eigenvalue weighted by atomic mass is 35.5. The Labute approximate surface area is 105 Å². The van der Waals surface area contributed by atoms with Gasteiger partial charge in [0.15, 0.2) is 0 Å². The van der Waals surface area contributed by atoms with E-state index in [0.29, 0.717) is 0 Å². The van der Waals surface area contributed by atoms with Gasteiger partial charge in [-0.2, -0.15) is 0 Å². The highest BCUT2D eigenvalue weighted by Crippen LogP contribution is 2.26. The molecule has 1 aromatic rings. The quantitative estimate of drug-likeness (QED) is 0.778. The molecule has 1 nitrogen and oxygen atoms in total. The summed E-state index contributed by atoms with van der Waals surface area (Å²) in [6, 6.07) is 11.0. The molecule has 0 bridgehead atoms. The van der Waals surface area contributed by atoms with E-state index in [1.54, 1.807) is 0 Å². The lowest BCUT2D eigenvalue weighted by molar-refractivity contribution is 0.208. The van der Waals surface area contributed by atoms with Gasteiger partial charge in [0.25, 0.3) is 0 Å². The number of hydrogen-bond donors (Lipinski definition) is 0. The Morgan fingerprint density at radius 3 is 2.69 bits per heavy atom. The van der Waals surface area contributed by atoms with Crippen molar-refractivity contribution >= 4 is 12.4 Å². The number of likely N-dealkylation sites (tertiary alicyclic amines) is 1. The second-order valence-electron chi connectivity index (χ2n) is 4.55. The SMILES string of the molecule is CCCN1CCCC(c2ccccc2)C1.Cl. The Hall–Kier alpha value is -0.530. The highest BCUT2D eigenvalue weighted by molar-refractivity contribution is 5.85. The van der Waals surface area contributed by atoms with Gasteiger partial charge in [0.05, 0.1) is 0 Å². The summed E-state index contributed by atoms with van der Waals surface area (Å²) in [7, 11) is 0. The minimum atomic E-state index is 0. The molecule has 1 aromatic carbocycles. The van der Waals surface area contributed by atoms with E-state index in [9.17, 15) is 0 Å². The highest BCUT2D eigenvalue weighted by Gasteiger charge is 2.19.